The molecule has 0 fully saturated rings. The second-order valence-electron chi connectivity index (χ2n) is 4.15. The molecular formula is C13H19NO5. The Labute approximate surface area is 111 Å². The highest BCUT2D eigenvalue weighted by atomic mass is 16.3. The van der Waals surface area contributed by atoms with Crippen LogP contribution < -0.4 is 0 Å². The van der Waals surface area contributed by atoms with E-state index < -0.39 is 0 Å². The van der Waals surface area contributed by atoms with Crippen LogP contribution in [0.4, 0.5) is 0 Å². The number of phenolic OH excluding ortho intramolecular Hbond substituents is 2. The van der Waals surface area contributed by atoms with E-state index in [1.807, 2.05) is 0 Å². The number of nitrogens with zero attached hydrogens (tertiary/aromatic N) is 1. The van der Waals surface area contributed by atoms with Crippen LogP contribution in [-0.4, -0.2) is 57.5 Å². The van der Waals surface area contributed by atoms with Gasteiger partial charge in [0.05, 0.1) is 13.2 Å². The van der Waals surface area contributed by atoms with Gasteiger partial charge in [0.1, 0.15) is 0 Å². The summed E-state index contributed by atoms with van der Waals surface area (Å²) in [5.74, 6) is -0.583. The molecule has 6 nitrogen and oxygen atoms in total. The molecule has 6 heteroatoms. The van der Waals surface area contributed by atoms with Gasteiger partial charge in [-0.3, -0.25) is 4.79 Å². The van der Waals surface area contributed by atoms with E-state index in [4.69, 9.17) is 15.3 Å². The van der Waals surface area contributed by atoms with Crippen molar-refractivity contribution in [3.8, 4) is 11.5 Å². The Kier molecular flexibility index (Phi) is 6.11. The minimum absolute atomic E-state index is 0.147. The predicted molar refractivity (Wildman–Crippen MR) is 68.8 cm³/mol. The minimum atomic E-state index is -0.215. The van der Waals surface area contributed by atoms with E-state index in [1.54, 1.807) is 6.07 Å². The van der Waals surface area contributed by atoms with Gasteiger partial charge in [0, 0.05) is 19.5 Å². The first-order valence-electron chi connectivity index (χ1n) is 6.08. The summed E-state index contributed by atoms with van der Waals surface area (Å²) >= 11 is 0. The Morgan fingerprint density at radius 3 is 2.21 bits per heavy atom. The van der Waals surface area contributed by atoms with Gasteiger partial charge >= 0.3 is 0 Å². The zero-order chi connectivity index (χ0) is 14.3. The number of benzene rings is 1. The molecule has 1 rings (SSSR count). The van der Waals surface area contributed by atoms with Crippen LogP contribution in [0.15, 0.2) is 18.2 Å². The van der Waals surface area contributed by atoms with Crippen LogP contribution in [0.3, 0.4) is 0 Å². The van der Waals surface area contributed by atoms with E-state index in [1.165, 1.54) is 17.0 Å². The quantitative estimate of drug-likeness (QED) is 0.515. The van der Waals surface area contributed by atoms with Crippen molar-refractivity contribution in [3.05, 3.63) is 23.8 Å². The van der Waals surface area contributed by atoms with Gasteiger partial charge in [-0.15, -0.1) is 0 Å². The van der Waals surface area contributed by atoms with Crippen molar-refractivity contribution in [1.29, 1.82) is 0 Å². The smallest absolute Gasteiger partial charge is 0.223 e. The molecule has 0 radical (unpaired) electrons. The number of rotatable bonds is 7. The summed E-state index contributed by atoms with van der Waals surface area (Å²) in [4.78, 5) is 13.2. The molecular weight excluding hydrogens is 250 g/mol. The molecule has 0 bridgehead atoms. The van der Waals surface area contributed by atoms with E-state index in [-0.39, 0.29) is 50.1 Å². The Morgan fingerprint density at radius 1 is 1.05 bits per heavy atom. The lowest BCUT2D eigenvalue weighted by Crippen LogP contribution is -2.35. The fourth-order valence-electron chi connectivity index (χ4n) is 1.74. The maximum Gasteiger partial charge on any atom is 0.223 e. The van der Waals surface area contributed by atoms with Gasteiger partial charge in [-0.25, -0.2) is 0 Å². The predicted octanol–water partition coefficient (Wildman–Crippen LogP) is -0.156. The SMILES string of the molecule is O=C(CCc1ccc(O)c(O)c1)N(CCO)CCO. The summed E-state index contributed by atoms with van der Waals surface area (Å²) in [5.41, 5.74) is 0.733. The maximum atomic E-state index is 11.8. The number of hydrogen-bond donors (Lipinski definition) is 4. The molecule has 0 aliphatic carbocycles. The number of carbonyl (C=O) groups is 1. The number of aromatic hydroxyl groups is 2. The van der Waals surface area contributed by atoms with Gasteiger partial charge in [-0.05, 0) is 24.1 Å². The molecule has 1 aromatic carbocycles. The van der Waals surface area contributed by atoms with Crippen LogP contribution in [0.5, 0.6) is 11.5 Å². The zero-order valence-corrected chi connectivity index (χ0v) is 10.6. The molecule has 0 aliphatic heterocycles. The fraction of sp³-hybridized carbons (Fsp3) is 0.462. The lowest BCUT2D eigenvalue weighted by molar-refractivity contribution is -0.132. The third-order valence-corrected chi connectivity index (χ3v) is 2.76. The van der Waals surface area contributed by atoms with E-state index in [0.29, 0.717) is 6.42 Å². The summed E-state index contributed by atoms with van der Waals surface area (Å²) in [6.45, 7) is 0.0952. The number of aliphatic hydroxyl groups is 2. The summed E-state index contributed by atoms with van der Waals surface area (Å²) in [5, 5.41) is 36.2. The Bertz CT molecular complexity index is 415. The molecule has 106 valence electrons. The van der Waals surface area contributed by atoms with Crippen molar-refractivity contribution in [2.45, 2.75) is 12.8 Å². The highest BCUT2D eigenvalue weighted by molar-refractivity contribution is 5.76. The highest BCUT2D eigenvalue weighted by Crippen LogP contribution is 2.25. The summed E-state index contributed by atoms with van der Waals surface area (Å²) in [7, 11) is 0. The second kappa shape index (κ2) is 7.60. The number of amides is 1. The fourth-order valence-corrected chi connectivity index (χ4v) is 1.74. The first kappa shape index (κ1) is 15.3. The molecule has 19 heavy (non-hydrogen) atoms. The van der Waals surface area contributed by atoms with Crippen LogP contribution in [0.2, 0.25) is 0 Å². The first-order valence-corrected chi connectivity index (χ1v) is 6.08. The van der Waals surface area contributed by atoms with Crippen LogP contribution in [0, 0.1) is 0 Å². The summed E-state index contributed by atoms with van der Waals surface area (Å²) < 4.78 is 0. The van der Waals surface area contributed by atoms with E-state index in [0.717, 1.165) is 5.56 Å². The zero-order valence-electron chi connectivity index (χ0n) is 10.6. The maximum absolute atomic E-state index is 11.8. The summed E-state index contributed by atoms with van der Waals surface area (Å²) in [6, 6.07) is 4.41. The van der Waals surface area contributed by atoms with E-state index in [9.17, 15) is 9.90 Å². The molecule has 0 saturated carbocycles. The lowest BCUT2D eigenvalue weighted by atomic mass is 10.1. The average Bonchev–Trinajstić information content (AvgIpc) is 2.39. The van der Waals surface area contributed by atoms with Gasteiger partial charge in [0.15, 0.2) is 11.5 Å². The number of carbonyl (C=O) groups excluding carboxylic acids is 1. The van der Waals surface area contributed by atoms with Gasteiger partial charge in [-0.2, -0.15) is 0 Å². The van der Waals surface area contributed by atoms with Crippen LogP contribution >= 0.6 is 0 Å². The van der Waals surface area contributed by atoms with Crippen molar-refractivity contribution in [1.82, 2.24) is 4.90 Å². The molecule has 1 aromatic rings. The summed E-state index contributed by atoms with van der Waals surface area (Å²) in [6.07, 6.45) is 0.629. The molecule has 0 atom stereocenters. The number of aryl methyl sites for hydroxylation is 1. The standard InChI is InChI=1S/C13H19NO5/c15-7-5-14(6-8-16)13(19)4-2-10-1-3-11(17)12(18)9-10/h1,3,9,15-18H,2,4-8H2. The highest BCUT2D eigenvalue weighted by Gasteiger charge is 2.12. The number of aliphatic hydroxyl groups excluding tert-OH is 2. The monoisotopic (exact) mass is 269 g/mol. The third-order valence-electron chi connectivity index (χ3n) is 2.76. The lowest BCUT2D eigenvalue weighted by Gasteiger charge is -2.20. The first-order chi connectivity index (χ1) is 9.08. The molecule has 0 aliphatic rings. The molecule has 0 saturated heterocycles. The van der Waals surface area contributed by atoms with Gasteiger partial charge in [0.2, 0.25) is 5.91 Å². The molecule has 0 spiro atoms. The molecule has 0 aromatic heterocycles. The van der Waals surface area contributed by atoms with E-state index in [2.05, 4.69) is 0 Å². The van der Waals surface area contributed by atoms with Crippen LogP contribution in [0.1, 0.15) is 12.0 Å². The second-order valence-corrected chi connectivity index (χ2v) is 4.15. The molecule has 1 amide bonds. The third kappa shape index (κ3) is 4.76. The van der Waals surface area contributed by atoms with Gasteiger partial charge in [-0.1, -0.05) is 6.07 Å². The Balaban J connectivity index is 2.54. The average molecular weight is 269 g/mol. The normalized spacial score (nSPS) is 10.4. The molecule has 0 heterocycles. The Hall–Kier alpha value is -1.79. The largest absolute Gasteiger partial charge is 0.504 e. The van der Waals surface area contributed by atoms with Crippen LogP contribution in [-0.2, 0) is 11.2 Å². The molecule has 0 unspecified atom stereocenters. The topological polar surface area (TPSA) is 101 Å². The van der Waals surface area contributed by atoms with Gasteiger partial charge in [0.25, 0.3) is 0 Å². The number of phenols is 2. The van der Waals surface area contributed by atoms with Crippen LogP contribution in [0.25, 0.3) is 0 Å². The Morgan fingerprint density at radius 2 is 1.68 bits per heavy atom. The molecule has 4 N–H and O–H groups in total. The van der Waals surface area contributed by atoms with Crippen molar-refractivity contribution >= 4 is 5.91 Å². The van der Waals surface area contributed by atoms with Crippen molar-refractivity contribution in [2.75, 3.05) is 26.3 Å². The van der Waals surface area contributed by atoms with Crippen molar-refractivity contribution in [2.24, 2.45) is 0 Å². The van der Waals surface area contributed by atoms with E-state index >= 15 is 0 Å². The van der Waals surface area contributed by atoms with Crippen molar-refractivity contribution < 1.29 is 25.2 Å². The van der Waals surface area contributed by atoms with Gasteiger partial charge < -0.3 is 25.3 Å². The van der Waals surface area contributed by atoms with Crippen molar-refractivity contribution in [3.63, 3.8) is 0 Å². The minimum Gasteiger partial charge on any atom is -0.504 e. The number of hydrogen-bond acceptors (Lipinski definition) is 5.